The molecule has 0 radical (unpaired) electrons. The van der Waals surface area contributed by atoms with Crippen LogP contribution in [0.25, 0.3) is 5.65 Å². The predicted molar refractivity (Wildman–Crippen MR) is 117 cm³/mol. The highest BCUT2D eigenvalue weighted by Gasteiger charge is 2.29. The summed E-state index contributed by atoms with van der Waals surface area (Å²) in [6.45, 7) is 7.48. The summed E-state index contributed by atoms with van der Waals surface area (Å²) in [5, 5.41) is 3.50. The highest BCUT2D eigenvalue weighted by molar-refractivity contribution is 5.78. The summed E-state index contributed by atoms with van der Waals surface area (Å²) in [4.78, 5) is 23.2. The molecule has 0 bridgehead atoms. The highest BCUT2D eigenvalue weighted by Crippen LogP contribution is 2.34. The quantitative estimate of drug-likeness (QED) is 0.672. The van der Waals surface area contributed by atoms with E-state index in [1.54, 1.807) is 35.0 Å². The van der Waals surface area contributed by atoms with Crippen molar-refractivity contribution < 1.29 is 13.9 Å². The summed E-state index contributed by atoms with van der Waals surface area (Å²) in [5.74, 6) is 1.26. The maximum Gasteiger partial charge on any atom is 0.260 e. The van der Waals surface area contributed by atoms with Crippen LogP contribution in [-0.4, -0.2) is 50.4 Å². The SMILES string of the molecule is CC(C)(C)Nc1c(C2CCN(C(=O)COc3cccnc3)CC2)nc2ccc(F)cn12. The summed E-state index contributed by atoms with van der Waals surface area (Å²) < 4.78 is 21.2. The number of ether oxygens (including phenoxy) is 1. The van der Waals surface area contributed by atoms with E-state index in [2.05, 4.69) is 31.1 Å². The summed E-state index contributed by atoms with van der Waals surface area (Å²) >= 11 is 0. The molecule has 1 aliphatic rings. The van der Waals surface area contributed by atoms with Crippen molar-refractivity contribution >= 4 is 17.4 Å². The van der Waals surface area contributed by atoms with E-state index >= 15 is 0 Å². The molecule has 0 aromatic carbocycles. The van der Waals surface area contributed by atoms with Crippen LogP contribution in [0.1, 0.15) is 45.2 Å². The molecule has 31 heavy (non-hydrogen) atoms. The maximum atomic E-state index is 13.9. The molecule has 0 aliphatic carbocycles. The normalized spacial score (nSPS) is 15.3. The number of hydrogen-bond donors (Lipinski definition) is 1. The number of hydrogen-bond acceptors (Lipinski definition) is 5. The van der Waals surface area contributed by atoms with E-state index in [9.17, 15) is 9.18 Å². The Hall–Kier alpha value is -3.16. The number of pyridine rings is 2. The highest BCUT2D eigenvalue weighted by atomic mass is 19.1. The second-order valence-electron chi connectivity index (χ2n) is 8.93. The van der Waals surface area contributed by atoms with Crippen LogP contribution in [0.5, 0.6) is 5.75 Å². The lowest BCUT2D eigenvalue weighted by molar-refractivity contribution is -0.134. The first-order chi connectivity index (χ1) is 14.8. The van der Waals surface area contributed by atoms with Crippen molar-refractivity contribution in [3.05, 3.63) is 54.4 Å². The minimum atomic E-state index is -0.303. The first kappa shape index (κ1) is 21.1. The fourth-order valence-electron chi connectivity index (χ4n) is 3.87. The van der Waals surface area contributed by atoms with Crippen LogP contribution < -0.4 is 10.1 Å². The van der Waals surface area contributed by atoms with E-state index in [1.165, 1.54) is 12.3 Å². The van der Waals surface area contributed by atoms with Gasteiger partial charge in [-0.15, -0.1) is 0 Å². The van der Waals surface area contributed by atoms with Gasteiger partial charge < -0.3 is 15.0 Å². The first-order valence-corrected chi connectivity index (χ1v) is 10.6. The minimum Gasteiger partial charge on any atom is -0.482 e. The van der Waals surface area contributed by atoms with E-state index in [1.807, 2.05) is 4.90 Å². The average molecular weight is 426 g/mol. The Kier molecular flexibility index (Phi) is 5.80. The van der Waals surface area contributed by atoms with Gasteiger partial charge in [-0.25, -0.2) is 9.37 Å². The number of anilines is 1. The zero-order valence-electron chi connectivity index (χ0n) is 18.1. The van der Waals surface area contributed by atoms with Gasteiger partial charge in [-0.3, -0.25) is 14.2 Å². The summed E-state index contributed by atoms with van der Waals surface area (Å²) in [6.07, 6.45) is 6.31. The van der Waals surface area contributed by atoms with Gasteiger partial charge in [-0.05, 0) is 57.9 Å². The topological polar surface area (TPSA) is 71.8 Å². The van der Waals surface area contributed by atoms with Gasteiger partial charge in [-0.2, -0.15) is 0 Å². The number of amides is 1. The lowest BCUT2D eigenvalue weighted by Crippen LogP contribution is -2.40. The van der Waals surface area contributed by atoms with Crippen LogP contribution in [0.4, 0.5) is 10.2 Å². The summed E-state index contributed by atoms with van der Waals surface area (Å²) in [5.41, 5.74) is 1.45. The monoisotopic (exact) mass is 425 g/mol. The zero-order valence-corrected chi connectivity index (χ0v) is 18.1. The molecule has 1 aliphatic heterocycles. The molecule has 1 fully saturated rings. The van der Waals surface area contributed by atoms with E-state index in [0.29, 0.717) is 24.5 Å². The number of imidazole rings is 1. The van der Waals surface area contributed by atoms with E-state index < -0.39 is 0 Å². The number of nitrogens with zero attached hydrogens (tertiary/aromatic N) is 4. The summed E-state index contributed by atoms with van der Waals surface area (Å²) in [6, 6.07) is 6.68. The molecule has 0 spiro atoms. The number of rotatable bonds is 5. The molecule has 1 saturated heterocycles. The van der Waals surface area contributed by atoms with Crippen LogP contribution in [0, 0.1) is 5.82 Å². The maximum absolute atomic E-state index is 13.9. The molecule has 4 heterocycles. The van der Waals surface area contributed by atoms with Gasteiger partial charge in [0.25, 0.3) is 5.91 Å². The Labute approximate surface area is 181 Å². The largest absolute Gasteiger partial charge is 0.482 e. The fourth-order valence-corrected chi connectivity index (χ4v) is 3.87. The number of nitrogens with one attached hydrogen (secondary N) is 1. The molecule has 1 amide bonds. The molecule has 1 N–H and O–H groups in total. The molecule has 3 aromatic rings. The van der Waals surface area contributed by atoms with Crippen LogP contribution in [0.3, 0.4) is 0 Å². The van der Waals surface area contributed by atoms with Gasteiger partial charge in [0, 0.05) is 36.9 Å². The molecule has 164 valence electrons. The number of carbonyl (C=O) groups excluding carboxylic acids is 1. The van der Waals surface area contributed by atoms with Crippen molar-refractivity contribution in [1.82, 2.24) is 19.3 Å². The van der Waals surface area contributed by atoms with E-state index in [-0.39, 0.29) is 29.8 Å². The molecule has 4 rings (SSSR count). The molecule has 0 atom stereocenters. The molecule has 8 heteroatoms. The standard InChI is InChI=1S/C23H28FN5O2/c1-23(2,3)27-22-21(26-19-7-6-17(24)14-29(19)22)16-8-11-28(12-9-16)20(30)15-31-18-5-4-10-25-13-18/h4-7,10,13-14,16,27H,8-9,11-12,15H2,1-3H3. The van der Waals surface area contributed by atoms with Crippen molar-refractivity contribution in [1.29, 1.82) is 0 Å². The van der Waals surface area contributed by atoms with Crippen LogP contribution in [0.15, 0.2) is 42.9 Å². The van der Waals surface area contributed by atoms with Gasteiger partial charge >= 0.3 is 0 Å². The third-order valence-corrected chi connectivity index (χ3v) is 5.33. The number of halogens is 1. The van der Waals surface area contributed by atoms with Gasteiger partial charge in [0.1, 0.15) is 23.0 Å². The van der Waals surface area contributed by atoms with Gasteiger partial charge in [-0.1, -0.05) is 0 Å². The lowest BCUT2D eigenvalue weighted by atomic mass is 9.93. The lowest BCUT2D eigenvalue weighted by Gasteiger charge is -2.32. The fraction of sp³-hybridized carbons (Fsp3) is 0.435. The molecule has 0 saturated carbocycles. The Bertz CT molecular complexity index is 1050. The minimum absolute atomic E-state index is 0.000825. The van der Waals surface area contributed by atoms with Crippen molar-refractivity contribution in [2.45, 2.75) is 45.1 Å². The Morgan fingerprint density at radius 2 is 2.03 bits per heavy atom. The molecule has 7 nitrogen and oxygen atoms in total. The Balaban J connectivity index is 1.45. The molecular formula is C23H28FN5O2. The number of piperidine rings is 1. The van der Waals surface area contributed by atoms with Crippen LogP contribution in [0.2, 0.25) is 0 Å². The average Bonchev–Trinajstić information content (AvgIpc) is 3.09. The Morgan fingerprint density at radius 3 is 2.71 bits per heavy atom. The number of carbonyl (C=O) groups is 1. The number of aromatic nitrogens is 3. The molecular weight excluding hydrogens is 397 g/mol. The third-order valence-electron chi connectivity index (χ3n) is 5.33. The van der Waals surface area contributed by atoms with Crippen molar-refractivity contribution in [3.63, 3.8) is 0 Å². The van der Waals surface area contributed by atoms with Crippen LogP contribution in [-0.2, 0) is 4.79 Å². The van der Waals surface area contributed by atoms with Crippen molar-refractivity contribution in [2.75, 3.05) is 25.0 Å². The predicted octanol–water partition coefficient (Wildman–Crippen LogP) is 3.86. The van der Waals surface area contributed by atoms with E-state index in [4.69, 9.17) is 9.72 Å². The Morgan fingerprint density at radius 1 is 1.26 bits per heavy atom. The van der Waals surface area contributed by atoms with Crippen molar-refractivity contribution in [2.24, 2.45) is 0 Å². The van der Waals surface area contributed by atoms with Gasteiger partial charge in [0.2, 0.25) is 0 Å². The van der Waals surface area contributed by atoms with Gasteiger partial charge in [0.05, 0.1) is 11.9 Å². The van der Waals surface area contributed by atoms with Gasteiger partial charge in [0.15, 0.2) is 6.61 Å². The van der Waals surface area contributed by atoms with E-state index in [0.717, 1.165) is 24.4 Å². The first-order valence-electron chi connectivity index (χ1n) is 10.6. The molecule has 0 unspecified atom stereocenters. The smallest absolute Gasteiger partial charge is 0.260 e. The third kappa shape index (κ3) is 4.95. The summed E-state index contributed by atoms with van der Waals surface area (Å²) in [7, 11) is 0. The number of likely N-dealkylation sites (tertiary alicyclic amines) is 1. The van der Waals surface area contributed by atoms with Crippen molar-refractivity contribution in [3.8, 4) is 5.75 Å². The number of fused-ring (bicyclic) bond motifs is 1. The second kappa shape index (κ2) is 8.53. The molecule has 3 aromatic heterocycles. The van der Waals surface area contributed by atoms with Crippen LogP contribution >= 0.6 is 0 Å². The second-order valence-corrected chi connectivity index (χ2v) is 8.93. The zero-order chi connectivity index (χ0) is 22.0.